The van der Waals surface area contributed by atoms with Crippen molar-refractivity contribution in [1.82, 2.24) is 4.90 Å². The molecule has 0 saturated carbocycles. The van der Waals surface area contributed by atoms with Gasteiger partial charge in [0.15, 0.2) is 0 Å². The van der Waals surface area contributed by atoms with Gasteiger partial charge in [0.25, 0.3) is 0 Å². The third kappa shape index (κ3) is 3.58. The first-order chi connectivity index (χ1) is 12.6. The fourth-order valence-corrected chi connectivity index (χ4v) is 4.70. The summed E-state index contributed by atoms with van der Waals surface area (Å²) in [5, 5.41) is 0. The Kier molecular flexibility index (Phi) is 5.14. The van der Waals surface area contributed by atoms with Gasteiger partial charge in [-0.1, -0.05) is 65.3 Å². The number of halogens is 1. The van der Waals surface area contributed by atoms with E-state index < -0.39 is 0 Å². The number of fused-ring (bicyclic) bond motifs is 1. The second kappa shape index (κ2) is 7.53. The Morgan fingerprint density at radius 1 is 1.08 bits per heavy atom. The summed E-state index contributed by atoms with van der Waals surface area (Å²) in [4.78, 5) is 15.1. The molecule has 4 heteroatoms. The van der Waals surface area contributed by atoms with Crippen molar-refractivity contribution in [3.63, 3.8) is 0 Å². The van der Waals surface area contributed by atoms with Gasteiger partial charge in [0.2, 0.25) is 0 Å². The SMILES string of the molecule is C[C@@H]1CC[C@H]2C(=O)O[C@@H](Cc3ccccc3)CN2[C@H]1c1ccc(Br)cc1. The molecular weight excluding hydrogens is 390 g/mol. The van der Waals surface area contributed by atoms with Gasteiger partial charge in [0.1, 0.15) is 12.1 Å². The summed E-state index contributed by atoms with van der Waals surface area (Å²) >= 11 is 3.52. The number of piperidine rings is 1. The maximum absolute atomic E-state index is 12.7. The first-order valence-corrected chi connectivity index (χ1v) is 10.2. The number of ether oxygens (including phenoxy) is 1. The summed E-state index contributed by atoms with van der Waals surface area (Å²) in [6.07, 6.45) is 2.65. The Balaban J connectivity index is 1.59. The number of nitrogens with zero attached hydrogens (tertiary/aromatic N) is 1. The summed E-state index contributed by atoms with van der Waals surface area (Å²) in [6.45, 7) is 3.10. The minimum atomic E-state index is -0.105. The van der Waals surface area contributed by atoms with Crippen molar-refractivity contribution in [3.8, 4) is 0 Å². The summed E-state index contributed by atoms with van der Waals surface area (Å²) in [7, 11) is 0. The van der Waals surface area contributed by atoms with Crippen molar-refractivity contribution in [3.05, 3.63) is 70.2 Å². The second-order valence-corrected chi connectivity index (χ2v) is 8.43. The van der Waals surface area contributed by atoms with Crippen molar-refractivity contribution >= 4 is 21.9 Å². The van der Waals surface area contributed by atoms with Crippen LogP contribution in [0.5, 0.6) is 0 Å². The highest BCUT2D eigenvalue weighted by molar-refractivity contribution is 9.10. The maximum Gasteiger partial charge on any atom is 0.323 e. The van der Waals surface area contributed by atoms with E-state index in [-0.39, 0.29) is 24.2 Å². The minimum Gasteiger partial charge on any atom is -0.459 e. The van der Waals surface area contributed by atoms with Crippen LogP contribution in [0.2, 0.25) is 0 Å². The molecule has 2 saturated heterocycles. The predicted octanol–water partition coefficient (Wildman–Crippen LogP) is 4.76. The zero-order valence-corrected chi connectivity index (χ0v) is 16.6. The summed E-state index contributed by atoms with van der Waals surface area (Å²) in [5.41, 5.74) is 2.51. The lowest BCUT2D eigenvalue weighted by Crippen LogP contribution is -2.57. The largest absolute Gasteiger partial charge is 0.459 e. The molecule has 0 bridgehead atoms. The number of benzene rings is 2. The Labute approximate surface area is 163 Å². The van der Waals surface area contributed by atoms with E-state index in [9.17, 15) is 4.79 Å². The van der Waals surface area contributed by atoms with Crippen LogP contribution in [0.1, 0.15) is 36.9 Å². The van der Waals surface area contributed by atoms with E-state index in [1.165, 1.54) is 11.1 Å². The van der Waals surface area contributed by atoms with Crippen molar-refractivity contribution in [2.45, 2.75) is 44.4 Å². The number of hydrogen-bond donors (Lipinski definition) is 0. The van der Waals surface area contributed by atoms with Crippen LogP contribution in [0.3, 0.4) is 0 Å². The lowest BCUT2D eigenvalue weighted by Gasteiger charge is -2.48. The van der Waals surface area contributed by atoms with E-state index in [0.29, 0.717) is 5.92 Å². The molecule has 4 atom stereocenters. The standard InChI is InChI=1S/C22H24BrNO2/c1-15-7-12-20-22(25)26-19(13-16-5-3-2-4-6-16)14-24(20)21(15)17-8-10-18(23)11-9-17/h2-6,8-11,15,19-21H,7,12-14H2,1H3/t15-,19+,20+,21-/m1/s1. The quantitative estimate of drug-likeness (QED) is 0.679. The van der Waals surface area contributed by atoms with Crippen molar-refractivity contribution in [2.75, 3.05) is 6.54 Å². The van der Waals surface area contributed by atoms with Crippen LogP contribution >= 0.6 is 15.9 Å². The van der Waals surface area contributed by atoms with Crippen LogP contribution in [-0.4, -0.2) is 29.6 Å². The molecule has 4 rings (SSSR count). The van der Waals surface area contributed by atoms with E-state index >= 15 is 0 Å². The zero-order valence-electron chi connectivity index (χ0n) is 15.0. The molecular formula is C22H24BrNO2. The fraction of sp³-hybridized carbons (Fsp3) is 0.409. The molecule has 2 heterocycles. The normalized spacial score (nSPS) is 29.1. The van der Waals surface area contributed by atoms with Crippen LogP contribution in [-0.2, 0) is 16.0 Å². The van der Waals surface area contributed by atoms with Gasteiger partial charge in [-0.05, 0) is 42.0 Å². The molecule has 2 aliphatic heterocycles. The molecule has 0 amide bonds. The fourth-order valence-electron chi connectivity index (χ4n) is 4.44. The van der Waals surface area contributed by atoms with E-state index in [1.807, 2.05) is 18.2 Å². The van der Waals surface area contributed by atoms with Crippen molar-refractivity contribution in [1.29, 1.82) is 0 Å². The van der Waals surface area contributed by atoms with Gasteiger partial charge in [-0.25, -0.2) is 0 Å². The Bertz CT molecular complexity index is 761. The molecule has 0 aliphatic carbocycles. The van der Waals surface area contributed by atoms with Gasteiger partial charge in [-0.15, -0.1) is 0 Å². The molecule has 26 heavy (non-hydrogen) atoms. The molecule has 2 aromatic carbocycles. The average Bonchev–Trinajstić information content (AvgIpc) is 2.63. The zero-order chi connectivity index (χ0) is 18.1. The maximum atomic E-state index is 12.7. The first kappa shape index (κ1) is 17.7. The highest BCUT2D eigenvalue weighted by Crippen LogP contribution is 2.41. The van der Waals surface area contributed by atoms with Gasteiger partial charge >= 0.3 is 5.97 Å². The van der Waals surface area contributed by atoms with Gasteiger partial charge < -0.3 is 4.74 Å². The molecule has 2 aliphatic rings. The van der Waals surface area contributed by atoms with Crippen LogP contribution in [0.4, 0.5) is 0 Å². The number of hydrogen-bond acceptors (Lipinski definition) is 3. The topological polar surface area (TPSA) is 29.5 Å². The number of carbonyl (C=O) groups is 1. The lowest BCUT2D eigenvalue weighted by atomic mass is 9.81. The highest BCUT2D eigenvalue weighted by Gasteiger charge is 2.45. The number of morpholine rings is 1. The van der Waals surface area contributed by atoms with E-state index in [1.54, 1.807) is 0 Å². The number of carbonyl (C=O) groups excluding carboxylic acids is 1. The average molecular weight is 414 g/mol. The molecule has 0 N–H and O–H groups in total. The number of esters is 1. The molecule has 2 fully saturated rings. The number of rotatable bonds is 3. The molecule has 3 nitrogen and oxygen atoms in total. The van der Waals surface area contributed by atoms with Gasteiger partial charge in [-0.3, -0.25) is 9.69 Å². The third-order valence-corrected chi connectivity index (χ3v) is 6.21. The van der Waals surface area contributed by atoms with Gasteiger partial charge in [-0.2, -0.15) is 0 Å². The molecule has 2 aromatic rings. The Morgan fingerprint density at radius 2 is 1.81 bits per heavy atom. The molecule has 0 aromatic heterocycles. The van der Waals surface area contributed by atoms with Crippen LogP contribution < -0.4 is 0 Å². The smallest absolute Gasteiger partial charge is 0.323 e. The van der Waals surface area contributed by atoms with Crippen molar-refractivity contribution < 1.29 is 9.53 Å². The highest BCUT2D eigenvalue weighted by atomic mass is 79.9. The van der Waals surface area contributed by atoms with Crippen molar-refractivity contribution in [2.24, 2.45) is 5.92 Å². The second-order valence-electron chi connectivity index (χ2n) is 7.51. The Hall–Kier alpha value is -1.65. The molecule has 136 valence electrons. The van der Waals surface area contributed by atoms with E-state index in [4.69, 9.17) is 4.74 Å². The summed E-state index contributed by atoms with van der Waals surface area (Å²) in [5.74, 6) is 0.474. The predicted molar refractivity (Wildman–Crippen MR) is 106 cm³/mol. The summed E-state index contributed by atoms with van der Waals surface area (Å²) < 4.78 is 6.89. The lowest BCUT2D eigenvalue weighted by molar-refractivity contribution is -0.174. The van der Waals surface area contributed by atoms with Gasteiger partial charge in [0.05, 0.1) is 0 Å². The monoisotopic (exact) mass is 413 g/mol. The molecule has 0 spiro atoms. The minimum absolute atomic E-state index is 0.0498. The van der Waals surface area contributed by atoms with Crippen LogP contribution in [0.15, 0.2) is 59.1 Å². The third-order valence-electron chi connectivity index (χ3n) is 5.68. The Morgan fingerprint density at radius 3 is 2.54 bits per heavy atom. The van der Waals surface area contributed by atoms with E-state index in [2.05, 4.69) is 64.2 Å². The first-order valence-electron chi connectivity index (χ1n) is 9.37. The molecule has 0 unspecified atom stereocenters. The summed E-state index contributed by atoms with van der Waals surface area (Å²) in [6, 6.07) is 19.0. The van der Waals surface area contributed by atoms with E-state index in [0.717, 1.165) is 30.3 Å². The van der Waals surface area contributed by atoms with Crippen LogP contribution in [0.25, 0.3) is 0 Å². The van der Waals surface area contributed by atoms with Crippen LogP contribution in [0, 0.1) is 5.92 Å². The van der Waals surface area contributed by atoms with Gasteiger partial charge in [0, 0.05) is 23.5 Å². The number of cyclic esters (lactones) is 1. The molecule has 0 radical (unpaired) electrons.